The molecule has 1 aromatic heterocycles. The molecule has 0 fully saturated rings. The van der Waals surface area contributed by atoms with E-state index in [1.54, 1.807) is 0 Å². The Morgan fingerprint density at radius 1 is 1.27 bits per heavy atom. The van der Waals surface area contributed by atoms with Crippen LogP contribution in [0.3, 0.4) is 0 Å². The number of hydrogen-bond acceptors (Lipinski definition) is 2. The fourth-order valence-corrected chi connectivity index (χ4v) is 1.72. The molecule has 86 valence electrons. The summed E-state index contributed by atoms with van der Waals surface area (Å²) in [6.07, 6.45) is 7.39. The van der Waals surface area contributed by atoms with E-state index in [9.17, 15) is 0 Å². The minimum absolute atomic E-state index is 0.139. The van der Waals surface area contributed by atoms with Crippen molar-refractivity contribution in [2.45, 2.75) is 52.6 Å². The van der Waals surface area contributed by atoms with Gasteiger partial charge in [-0.3, -0.25) is 4.68 Å². The number of aromatic nitrogens is 2. The van der Waals surface area contributed by atoms with Crippen LogP contribution >= 0.6 is 0 Å². The van der Waals surface area contributed by atoms with Gasteiger partial charge in [-0.1, -0.05) is 33.6 Å². The van der Waals surface area contributed by atoms with Crippen molar-refractivity contribution in [2.75, 3.05) is 0 Å². The molecular weight excluding hydrogens is 186 g/mol. The van der Waals surface area contributed by atoms with E-state index in [2.05, 4.69) is 32.1 Å². The third kappa shape index (κ3) is 3.34. The van der Waals surface area contributed by atoms with Gasteiger partial charge in [-0.25, -0.2) is 0 Å². The van der Waals surface area contributed by atoms with Crippen molar-refractivity contribution in [1.29, 1.82) is 0 Å². The minimum Gasteiger partial charge on any atom is -0.324 e. The minimum atomic E-state index is 0.139. The first kappa shape index (κ1) is 12.2. The molecule has 1 rings (SSSR count). The zero-order valence-electron chi connectivity index (χ0n) is 10.1. The van der Waals surface area contributed by atoms with Crippen LogP contribution in [0, 0.1) is 5.92 Å². The molecule has 3 heteroatoms. The summed E-state index contributed by atoms with van der Waals surface area (Å²) >= 11 is 0. The van der Waals surface area contributed by atoms with Crippen LogP contribution in [0.5, 0.6) is 0 Å². The van der Waals surface area contributed by atoms with Crippen LogP contribution in [0.1, 0.15) is 51.6 Å². The van der Waals surface area contributed by atoms with Gasteiger partial charge in [0.05, 0.1) is 6.20 Å². The molecule has 0 aliphatic rings. The monoisotopic (exact) mass is 209 g/mol. The quantitative estimate of drug-likeness (QED) is 0.783. The predicted molar refractivity (Wildman–Crippen MR) is 63.5 cm³/mol. The molecule has 2 N–H and O–H groups in total. The summed E-state index contributed by atoms with van der Waals surface area (Å²) in [5, 5.41) is 4.36. The molecule has 15 heavy (non-hydrogen) atoms. The standard InChI is InChI=1S/C12H23N3/c1-4-10(5-2)8-15-9-11(7-14-15)12(13)6-3/h7,9-10,12H,4-6,8,13H2,1-3H3. The maximum absolute atomic E-state index is 5.95. The summed E-state index contributed by atoms with van der Waals surface area (Å²) in [6.45, 7) is 7.58. The van der Waals surface area contributed by atoms with E-state index in [1.807, 2.05) is 10.9 Å². The lowest BCUT2D eigenvalue weighted by atomic mass is 10.0. The van der Waals surface area contributed by atoms with Gasteiger partial charge < -0.3 is 5.73 Å². The Bertz CT molecular complexity index is 276. The highest BCUT2D eigenvalue weighted by molar-refractivity contribution is 5.09. The Labute approximate surface area is 92.7 Å². The highest BCUT2D eigenvalue weighted by Gasteiger charge is 2.09. The van der Waals surface area contributed by atoms with E-state index in [4.69, 9.17) is 5.73 Å². The normalized spacial score (nSPS) is 13.4. The fraction of sp³-hybridized carbons (Fsp3) is 0.750. The Hall–Kier alpha value is -0.830. The third-order valence-corrected chi connectivity index (χ3v) is 3.12. The SMILES string of the molecule is CCC(CC)Cn1cc(C(N)CC)cn1. The Kier molecular flexibility index (Phi) is 4.82. The second-order valence-corrected chi connectivity index (χ2v) is 4.19. The van der Waals surface area contributed by atoms with Crippen LogP contribution in [-0.2, 0) is 6.54 Å². The van der Waals surface area contributed by atoms with Crippen molar-refractivity contribution in [3.8, 4) is 0 Å². The van der Waals surface area contributed by atoms with Gasteiger partial charge in [0.15, 0.2) is 0 Å². The Morgan fingerprint density at radius 2 is 1.93 bits per heavy atom. The molecule has 3 nitrogen and oxygen atoms in total. The van der Waals surface area contributed by atoms with Crippen molar-refractivity contribution >= 4 is 0 Å². The first-order valence-electron chi connectivity index (χ1n) is 5.99. The second kappa shape index (κ2) is 5.91. The number of nitrogens with zero attached hydrogens (tertiary/aromatic N) is 2. The van der Waals surface area contributed by atoms with Crippen molar-refractivity contribution in [3.05, 3.63) is 18.0 Å². The summed E-state index contributed by atoms with van der Waals surface area (Å²) < 4.78 is 2.03. The van der Waals surface area contributed by atoms with Gasteiger partial charge in [0.2, 0.25) is 0 Å². The summed E-state index contributed by atoms with van der Waals surface area (Å²) in [5.41, 5.74) is 7.11. The van der Waals surface area contributed by atoms with E-state index in [1.165, 1.54) is 12.8 Å². The van der Waals surface area contributed by atoms with E-state index in [0.717, 1.165) is 24.4 Å². The maximum Gasteiger partial charge on any atom is 0.0537 e. The summed E-state index contributed by atoms with van der Waals surface area (Å²) in [5.74, 6) is 0.732. The zero-order chi connectivity index (χ0) is 11.3. The van der Waals surface area contributed by atoms with Crippen LogP contribution in [0.4, 0.5) is 0 Å². The van der Waals surface area contributed by atoms with Crippen molar-refractivity contribution < 1.29 is 0 Å². The van der Waals surface area contributed by atoms with Crippen LogP contribution in [0.25, 0.3) is 0 Å². The van der Waals surface area contributed by atoms with Gasteiger partial charge in [0.25, 0.3) is 0 Å². The molecule has 0 spiro atoms. The number of hydrogen-bond donors (Lipinski definition) is 1. The molecule has 0 radical (unpaired) electrons. The van der Waals surface area contributed by atoms with Crippen LogP contribution in [0.15, 0.2) is 12.4 Å². The molecule has 0 aromatic carbocycles. The predicted octanol–water partition coefficient (Wildman–Crippen LogP) is 2.73. The summed E-state index contributed by atoms with van der Waals surface area (Å²) in [6, 6.07) is 0.139. The maximum atomic E-state index is 5.95. The lowest BCUT2D eigenvalue weighted by Gasteiger charge is -2.11. The molecule has 0 aliphatic heterocycles. The van der Waals surface area contributed by atoms with Crippen LogP contribution < -0.4 is 5.73 Å². The smallest absolute Gasteiger partial charge is 0.0537 e. The van der Waals surface area contributed by atoms with Gasteiger partial charge in [0, 0.05) is 24.3 Å². The van der Waals surface area contributed by atoms with Gasteiger partial charge in [-0.05, 0) is 12.3 Å². The topological polar surface area (TPSA) is 43.8 Å². The average molecular weight is 209 g/mol. The lowest BCUT2D eigenvalue weighted by molar-refractivity contribution is 0.395. The summed E-state index contributed by atoms with van der Waals surface area (Å²) in [7, 11) is 0. The number of rotatable bonds is 6. The van der Waals surface area contributed by atoms with Gasteiger partial charge in [0.1, 0.15) is 0 Å². The molecule has 0 bridgehead atoms. The molecule has 0 amide bonds. The number of nitrogens with two attached hydrogens (primary N) is 1. The fourth-order valence-electron chi connectivity index (χ4n) is 1.72. The molecular formula is C12H23N3. The lowest BCUT2D eigenvalue weighted by Crippen LogP contribution is -2.10. The van der Waals surface area contributed by atoms with Crippen molar-refractivity contribution in [1.82, 2.24) is 9.78 Å². The highest BCUT2D eigenvalue weighted by Crippen LogP contribution is 2.15. The Morgan fingerprint density at radius 3 is 2.47 bits per heavy atom. The van der Waals surface area contributed by atoms with E-state index in [0.29, 0.717) is 0 Å². The molecule has 0 saturated carbocycles. The molecule has 1 atom stereocenters. The van der Waals surface area contributed by atoms with E-state index in [-0.39, 0.29) is 6.04 Å². The molecule has 1 unspecified atom stereocenters. The first-order chi connectivity index (χ1) is 7.21. The summed E-state index contributed by atoms with van der Waals surface area (Å²) in [4.78, 5) is 0. The zero-order valence-corrected chi connectivity index (χ0v) is 10.1. The average Bonchev–Trinajstić information content (AvgIpc) is 2.73. The van der Waals surface area contributed by atoms with Gasteiger partial charge in [-0.2, -0.15) is 5.10 Å². The van der Waals surface area contributed by atoms with Crippen LogP contribution in [-0.4, -0.2) is 9.78 Å². The highest BCUT2D eigenvalue weighted by atomic mass is 15.3. The van der Waals surface area contributed by atoms with E-state index >= 15 is 0 Å². The van der Waals surface area contributed by atoms with Gasteiger partial charge in [-0.15, -0.1) is 0 Å². The molecule has 1 heterocycles. The third-order valence-electron chi connectivity index (χ3n) is 3.12. The van der Waals surface area contributed by atoms with E-state index < -0.39 is 0 Å². The first-order valence-corrected chi connectivity index (χ1v) is 5.99. The largest absolute Gasteiger partial charge is 0.324 e. The van der Waals surface area contributed by atoms with Crippen molar-refractivity contribution in [3.63, 3.8) is 0 Å². The molecule has 1 aromatic rings. The van der Waals surface area contributed by atoms with Crippen molar-refractivity contribution in [2.24, 2.45) is 11.7 Å². The van der Waals surface area contributed by atoms with Gasteiger partial charge >= 0.3 is 0 Å². The Balaban J connectivity index is 2.59. The van der Waals surface area contributed by atoms with Crippen LogP contribution in [0.2, 0.25) is 0 Å². The molecule has 0 aliphatic carbocycles. The second-order valence-electron chi connectivity index (χ2n) is 4.19. The molecule has 0 saturated heterocycles.